The number of hydrogen-bond donors (Lipinski definition) is 3. The normalized spacial score (nSPS) is 11.9. The second-order valence-electron chi connectivity index (χ2n) is 5.45. The highest BCUT2D eigenvalue weighted by Gasteiger charge is 2.18. The number of benzene rings is 3. The van der Waals surface area contributed by atoms with Crippen LogP contribution < -0.4 is 4.74 Å². The smallest absolute Gasteiger partial charge is 0.295 e. The number of phenolic OH excluding ortho intramolecular Hbond substituents is 2. The third kappa shape index (κ3) is 3.32. The van der Waals surface area contributed by atoms with Gasteiger partial charge in [0.25, 0.3) is 10.1 Å². The predicted molar refractivity (Wildman–Crippen MR) is 97.3 cm³/mol. The first-order valence-corrected chi connectivity index (χ1v) is 8.88. The van der Waals surface area contributed by atoms with Crippen LogP contribution in [0.3, 0.4) is 0 Å². The van der Waals surface area contributed by atoms with E-state index in [1.165, 1.54) is 25.5 Å². The summed E-state index contributed by atoms with van der Waals surface area (Å²) in [6, 6.07) is 12.0. The number of rotatable bonds is 4. The van der Waals surface area contributed by atoms with E-state index in [1.807, 2.05) is 0 Å². The predicted octanol–water partition coefficient (Wildman–Crippen LogP) is 3.26. The van der Waals surface area contributed by atoms with Crippen LogP contribution in [0, 0.1) is 0 Å². The van der Waals surface area contributed by atoms with E-state index >= 15 is 0 Å². The summed E-state index contributed by atoms with van der Waals surface area (Å²) in [5, 5.41) is 20.4. The first-order valence-electron chi connectivity index (χ1n) is 7.44. The number of phenols is 2. The summed E-state index contributed by atoms with van der Waals surface area (Å²) < 4.78 is 37.5. The Morgan fingerprint density at radius 1 is 1.00 bits per heavy atom. The van der Waals surface area contributed by atoms with E-state index in [0.717, 1.165) is 6.07 Å². The molecule has 134 valence electrons. The molecule has 26 heavy (non-hydrogen) atoms. The molecule has 0 heterocycles. The number of nitrogens with zero attached hydrogens (tertiary/aromatic N) is 1. The first-order chi connectivity index (χ1) is 12.3. The molecule has 8 heteroatoms. The minimum atomic E-state index is -4.51. The molecule has 0 aliphatic carbocycles. The lowest BCUT2D eigenvalue weighted by Gasteiger charge is -2.09. The quantitative estimate of drug-likeness (QED) is 0.477. The standard InChI is InChI=1S/C18H15NO6S/c1-25-16-8-11(6-7-14(16)20)10-19-18-13-5-3-2-4-12(13)17(9-15(18)21)26(22,23)24/h2-10,20-21H,1H3,(H,22,23,24). The SMILES string of the molecule is COc1cc(C=Nc2c(O)cc(S(=O)(=O)O)c3ccccc23)ccc1O. The zero-order chi connectivity index (χ0) is 18.9. The van der Waals surface area contributed by atoms with Crippen molar-refractivity contribution in [3.63, 3.8) is 0 Å². The molecule has 3 aromatic rings. The van der Waals surface area contributed by atoms with Crippen LogP contribution in [0.25, 0.3) is 10.8 Å². The maximum Gasteiger partial charge on any atom is 0.295 e. The minimum absolute atomic E-state index is 0.0181. The molecule has 0 amide bonds. The van der Waals surface area contributed by atoms with Gasteiger partial charge in [-0.2, -0.15) is 8.42 Å². The molecule has 0 atom stereocenters. The van der Waals surface area contributed by atoms with E-state index < -0.39 is 20.8 Å². The molecular formula is C18H15NO6S. The molecule has 0 saturated heterocycles. The van der Waals surface area contributed by atoms with Crippen molar-refractivity contribution in [2.75, 3.05) is 7.11 Å². The van der Waals surface area contributed by atoms with Gasteiger partial charge in [0.15, 0.2) is 11.5 Å². The first kappa shape index (κ1) is 17.7. The number of methoxy groups -OCH3 is 1. The van der Waals surface area contributed by atoms with Crippen LogP contribution in [-0.2, 0) is 10.1 Å². The number of hydrogen-bond acceptors (Lipinski definition) is 6. The fourth-order valence-electron chi connectivity index (χ4n) is 2.58. The van der Waals surface area contributed by atoms with Crippen LogP contribution >= 0.6 is 0 Å². The van der Waals surface area contributed by atoms with Crippen molar-refractivity contribution in [3.8, 4) is 17.2 Å². The topological polar surface area (TPSA) is 116 Å². The van der Waals surface area contributed by atoms with Crippen molar-refractivity contribution in [3.05, 3.63) is 54.1 Å². The molecule has 0 aliphatic rings. The van der Waals surface area contributed by atoms with Gasteiger partial charge in [-0.05, 0) is 23.8 Å². The zero-order valence-corrected chi connectivity index (χ0v) is 14.4. The van der Waals surface area contributed by atoms with Gasteiger partial charge in [-0.3, -0.25) is 9.55 Å². The summed E-state index contributed by atoms with van der Waals surface area (Å²) in [4.78, 5) is 3.85. The van der Waals surface area contributed by atoms with Crippen LogP contribution in [-0.4, -0.2) is 36.5 Å². The maximum atomic E-state index is 11.6. The molecule has 7 nitrogen and oxygen atoms in total. The average Bonchev–Trinajstić information content (AvgIpc) is 2.60. The molecule has 0 fully saturated rings. The summed E-state index contributed by atoms with van der Waals surface area (Å²) in [5.74, 6) is -0.140. The van der Waals surface area contributed by atoms with E-state index in [2.05, 4.69) is 4.99 Å². The van der Waals surface area contributed by atoms with Crippen LogP contribution in [0.4, 0.5) is 5.69 Å². The lowest BCUT2D eigenvalue weighted by molar-refractivity contribution is 0.373. The Balaban J connectivity index is 2.16. The highest BCUT2D eigenvalue weighted by Crippen LogP contribution is 2.39. The largest absolute Gasteiger partial charge is 0.506 e. The monoisotopic (exact) mass is 373 g/mol. The maximum absolute atomic E-state index is 11.6. The summed E-state index contributed by atoms with van der Waals surface area (Å²) in [7, 11) is -3.09. The summed E-state index contributed by atoms with van der Waals surface area (Å²) in [5.41, 5.74) is 0.752. The van der Waals surface area contributed by atoms with Gasteiger partial charge in [0.1, 0.15) is 16.3 Å². The molecule has 0 aliphatic heterocycles. The fourth-order valence-corrected chi connectivity index (χ4v) is 3.29. The van der Waals surface area contributed by atoms with E-state index in [4.69, 9.17) is 4.74 Å². The Morgan fingerprint density at radius 2 is 1.69 bits per heavy atom. The van der Waals surface area contributed by atoms with Gasteiger partial charge >= 0.3 is 0 Å². The second kappa shape index (κ2) is 6.66. The number of aliphatic imine (C=N–C) groups is 1. The minimum Gasteiger partial charge on any atom is -0.506 e. The van der Waals surface area contributed by atoms with Crippen molar-refractivity contribution in [1.82, 2.24) is 0 Å². The van der Waals surface area contributed by atoms with Crippen LogP contribution in [0.15, 0.2) is 58.4 Å². The lowest BCUT2D eigenvalue weighted by atomic mass is 10.1. The Labute approximate surface area is 149 Å². The number of aromatic hydroxyl groups is 2. The Bertz CT molecular complexity index is 1120. The molecule has 0 saturated carbocycles. The highest BCUT2D eigenvalue weighted by atomic mass is 32.2. The molecule has 0 spiro atoms. The summed E-state index contributed by atoms with van der Waals surface area (Å²) >= 11 is 0. The molecule has 0 radical (unpaired) electrons. The van der Waals surface area contributed by atoms with E-state index in [9.17, 15) is 23.2 Å². The van der Waals surface area contributed by atoms with Gasteiger partial charge in [0, 0.05) is 23.1 Å². The number of ether oxygens (including phenoxy) is 1. The van der Waals surface area contributed by atoms with Crippen LogP contribution in [0.1, 0.15) is 5.56 Å². The summed E-state index contributed by atoms with van der Waals surface area (Å²) in [6.07, 6.45) is 1.44. The van der Waals surface area contributed by atoms with Crippen LogP contribution in [0.2, 0.25) is 0 Å². The van der Waals surface area contributed by atoms with Crippen molar-refractivity contribution in [2.45, 2.75) is 4.90 Å². The molecule has 0 unspecified atom stereocenters. The average molecular weight is 373 g/mol. The fraction of sp³-hybridized carbons (Fsp3) is 0.0556. The van der Waals surface area contributed by atoms with Gasteiger partial charge in [-0.15, -0.1) is 0 Å². The van der Waals surface area contributed by atoms with Gasteiger partial charge in [-0.1, -0.05) is 24.3 Å². The van der Waals surface area contributed by atoms with Gasteiger partial charge in [0.05, 0.1) is 7.11 Å². The lowest BCUT2D eigenvalue weighted by Crippen LogP contribution is -1.99. The Hall–Kier alpha value is -3.10. The second-order valence-corrected chi connectivity index (χ2v) is 6.84. The third-order valence-corrected chi connectivity index (χ3v) is 4.68. The Kier molecular flexibility index (Phi) is 4.54. The molecule has 0 aromatic heterocycles. The van der Waals surface area contributed by atoms with Crippen molar-refractivity contribution in [1.29, 1.82) is 0 Å². The molecule has 3 rings (SSSR count). The van der Waals surface area contributed by atoms with E-state index in [1.54, 1.807) is 30.3 Å². The molecule has 3 aromatic carbocycles. The molecule has 0 bridgehead atoms. The van der Waals surface area contributed by atoms with E-state index in [0.29, 0.717) is 10.9 Å². The van der Waals surface area contributed by atoms with Crippen molar-refractivity contribution < 1.29 is 27.9 Å². The van der Waals surface area contributed by atoms with Gasteiger partial charge in [-0.25, -0.2) is 0 Å². The summed E-state index contributed by atoms with van der Waals surface area (Å²) in [6.45, 7) is 0. The number of fused-ring (bicyclic) bond motifs is 1. The highest BCUT2D eigenvalue weighted by molar-refractivity contribution is 7.86. The Morgan fingerprint density at radius 3 is 2.35 bits per heavy atom. The third-order valence-electron chi connectivity index (χ3n) is 3.78. The zero-order valence-electron chi connectivity index (χ0n) is 13.6. The molecule has 3 N–H and O–H groups in total. The van der Waals surface area contributed by atoms with E-state index in [-0.39, 0.29) is 22.6 Å². The van der Waals surface area contributed by atoms with Crippen molar-refractivity contribution >= 4 is 32.8 Å². The van der Waals surface area contributed by atoms with Crippen molar-refractivity contribution in [2.24, 2.45) is 4.99 Å². The van der Waals surface area contributed by atoms with Gasteiger partial charge in [0.2, 0.25) is 0 Å². The molecular weight excluding hydrogens is 358 g/mol. The van der Waals surface area contributed by atoms with Gasteiger partial charge < -0.3 is 14.9 Å². The van der Waals surface area contributed by atoms with Crippen LogP contribution in [0.5, 0.6) is 17.2 Å².